The van der Waals surface area contributed by atoms with Crippen LogP contribution in [0.4, 0.5) is 5.82 Å². The van der Waals surface area contributed by atoms with E-state index in [1.807, 2.05) is 18.2 Å². The van der Waals surface area contributed by atoms with Crippen molar-refractivity contribution < 1.29 is 4.74 Å². The molecule has 1 aromatic heterocycles. The molecule has 0 radical (unpaired) electrons. The summed E-state index contributed by atoms with van der Waals surface area (Å²) in [6, 6.07) is 14.2. The summed E-state index contributed by atoms with van der Waals surface area (Å²) in [4.78, 5) is 4.13. The molecular formula is C15H19N3O. The second kappa shape index (κ2) is 7.51. The fourth-order valence-corrected chi connectivity index (χ4v) is 1.81. The molecule has 2 aromatic rings. The van der Waals surface area contributed by atoms with Gasteiger partial charge in [-0.1, -0.05) is 36.4 Å². The maximum absolute atomic E-state index is 5.62. The molecule has 0 saturated carbocycles. The van der Waals surface area contributed by atoms with Crippen LogP contribution in [0.2, 0.25) is 0 Å². The summed E-state index contributed by atoms with van der Waals surface area (Å²) in [6.07, 6.45) is 3.85. The maximum atomic E-state index is 5.62. The lowest BCUT2D eigenvalue weighted by molar-refractivity contribution is 0.118. The molecule has 3 N–H and O–H groups in total. The van der Waals surface area contributed by atoms with Crippen molar-refractivity contribution in [1.29, 1.82) is 0 Å². The Morgan fingerprint density at radius 2 is 1.89 bits per heavy atom. The third kappa shape index (κ3) is 4.69. The summed E-state index contributed by atoms with van der Waals surface area (Å²) in [5, 5.41) is 0. The first-order valence-electron chi connectivity index (χ1n) is 6.41. The van der Waals surface area contributed by atoms with E-state index in [-0.39, 0.29) is 0 Å². The summed E-state index contributed by atoms with van der Waals surface area (Å²) >= 11 is 0. The SMILES string of the molecule is NNc1ccc(COCCCc2ccccc2)cn1. The van der Waals surface area contributed by atoms with E-state index in [1.165, 1.54) is 5.56 Å². The van der Waals surface area contributed by atoms with E-state index < -0.39 is 0 Å². The molecule has 0 amide bonds. The van der Waals surface area contributed by atoms with Crippen molar-refractivity contribution in [3.8, 4) is 0 Å². The summed E-state index contributed by atoms with van der Waals surface area (Å²) in [6.45, 7) is 1.35. The molecule has 0 spiro atoms. The molecule has 0 saturated heterocycles. The van der Waals surface area contributed by atoms with Crippen LogP contribution in [0.3, 0.4) is 0 Å². The first kappa shape index (κ1) is 13.5. The third-order valence-corrected chi connectivity index (χ3v) is 2.84. The molecule has 0 atom stereocenters. The molecule has 0 aliphatic rings. The number of nitrogens with zero attached hydrogens (tertiary/aromatic N) is 1. The zero-order valence-electron chi connectivity index (χ0n) is 10.9. The minimum absolute atomic E-state index is 0.590. The lowest BCUT2D eigenvalue weighted by Crippen LogP contribution is -2.08. The Bertz CT molecular complexity index is 471. The number of nitrogens with two attached hydrogens (primary N) is 1. The Morgan fingerprint density at radius 3 is 2.58 bits per heavy atom. The molecule has 2 rings (SSSR count). The zero-order valence-corrected chi connectivity index (χ0v) is 10.9. The molecule has 0 bridgehead atoms. The normalized spacial score (nSPS) is 10.4. The number of benzene rings is 1. The number of nitrogens with one attached hydrogen (secondary N) is 1. The molecular weight excluding hydrogens is 238 g/mol. The average Bonchev–Trinajstić information content (AvgIpc) is 2.49. The van der Waals surface area contributed by atoms with Gasteiger partial charge >= 0.3 is 0 Å². The van der Waals surface area contributed by atoms with Gasteiger partial charge in [-0.05, 0) is 30.0 Å². The monoisotopic (exact) mass is 257 g/mol. The zero-order chi connectivity index (χ0) is 13.3. The van der Waals surface area contributed by atoms with Crippen molar-refractivity contribution in [3.63, 3.8) is 0 Å². The van der Waals surface area contributed by atoms with Gasteiger partial charge in [-0.2, -0.15) is 0 Å². The van der Waals surface area contributed by atoms with E-state index >= 15 is 0 Å². The molecule has 0 aliphatic heterocycles. The highest BCUT2D eigenvalue weighted by molar-refractivity contribution is 5.33. The minimum atomic E-state index is 0.590. The summed E-state index contributed by atoms with van der Waals surface area (Å²) in [5.74, 6) is 5.91. The maximum Gasteiger partial charge on any atom is 0.139 e. The average molecular weight is 257 g/mol. The summed E-state index contributed by atoms with van der Waals surface area (Å²) in [7, 11) is 0. The Labute approximate surface area is 113 Å². The predicted molar refractivity (Wildman–Crippen MR) is 76.5 cm³/mol. The predicted octanol–water partition coefficient (Wildman–Crippen LogP) is 2.52. The first-order valence-corrected chi connectivity index (χ1v) is 6.41. The summed E-state index contributed by atoms with van der Waals surface area (Å²) in [5.41, 5.74) is 4.90. The Hall–Kier alpha value is -1.91. The van der Waals surface area contributed by atoms with E-state index in [4.69, 9.17) is 10.6 Å². The number of pyridine rings is 1. The number of hydrogen-bond acceptors (Lipinski definition) is 4. The molecule has 19 heavy (non-hydrogen) atoms. The topological polar surface area (TPSA) is 60.2 Å². The largest absolute Gasteiger partial charge is 0.377 e. The second-order valence-electron chi connectivity index (χ2n) is 4.34. The van der Waals surface area contributed by atoms with Gasteiger partial charge in [-0.3, -0.25) is 0 Å². The van der Waals surface area contributed by atoms with E-state index in [0.717, 1.165) is 25.0 Å². The second-order valence-corrected chi connectivity index (χ2v) is 4.34. The molecule has 4 nitrogen and oxygen atoms in total. The van der Waals surface area contributed by atoms with Gasteiger partial charge in [0.25, 0.3) is 0 Å². The van der Waals surface area contributed by atoms with Gasteiger partial charge in [0.2, 0.25) is 0 Å². The molecule has 1 aromatic carbocycles. The summed E-state index contributed by atoms with van der Waals surface area (Å²) < 4.78 is 5.62. The van der Waals surface area contributed by atoms with E-state index in [0.29, 0.717) is 12.4 Å². The van der Waals surface area contributed by atoms with Gasteiger partial charge in [0.15, 0.2) is 0 Å². The highest BCUT2D eigenvalue weighted by atomic mass is 16.5. The highest BCUT2D eigenvalue weighted by Gasteiger charge is 1.96. The number of nitrogen functional groups attached to an aromatic ring is 1. The Kier molecular flexibility index (Phi) is 5.34. The number of aromatic nitrogens is 1. The van der Waals surface area contributed by atoms with Gasteiger partial charge in [-0.15, -0.1) is 0 Å². The van der Waals surface area contributed by atoms with Gasteiger partial charge in [0.05, 0.1) is 6.61 Å². The van der Waals surface area contributed by atoms with Crippen molar-refractivity contribution >= 4 is 5.82 Å². The molecule has 0 fully saturated rings. The molecule has 0 unspecified atom stereocenters. The van der Waals surface area contributed by atoms with Crippen LogP contribution in [0, 0.1) is 0 Å². The van der Waals surface area contributed by atoms with Gasteiger partial charge in [0, 0.05) is 12.8 Å². The fourth-order valence-electron chi connectivity index (χ4n) is 1.81. The first-order chi connectivity index (χ1) is 9.38. The number of ether oxygens (including phenoxy) is 1. The van der Waals surface area contributed by atoms with Crippen molar-refractivity contribution in [2.24, 2.45) is 5.84 Å². The van der Waals surface area contributed by atoms with Crippen molar-refractivity contribution in [3.05, 3.63) is 59.8 Å². The van der Waals surface area contributed by atoms with E-state index in [9.17, 15) is 0 Å². The smallest absolute Gasteiger partial charge is 0.139 e. The molecule has 4 heteroatoms. The quantitative estimate of drug-likeness (QED) is 0.454. The third-order valence-electron chi connectivity index (χ3n) is 2.84. The van der Waals surface area contributed by atoms with Crippen LogP contribution in [0.15, 0.2) is 48.7 Å². The van der Waals surface area contributed by atoms with Crippen LogP contribution < -0.4 is 11.3 Å². The van der Waals surface area contributed by atoms with E-state index in [2.05, 4.69) is 34.7 Å². The van der Waals surface area contributed by atoms with Crippen LogP contribution in [-0.2, 0) is 17.8 Å². The molecule has 1 heterocycles. The number of aryl methyl sites for hydroxylation is 1. The van der Waals surface area contributed by atoms with Gasteiger partial charge < -0.3 is 10.2 Å². The van der Waals surface area contributed by atoms with Crippen LogP contribution in [-0.4, -0.2) is 11.6 Å². The van der Waals surface area contributed by atoms with Crippen LogP contribution in [0.5, 0.6) is 0 Å². The number of hydrogen-bond donors (Lipinski definition) is 2. The number of rotatable bonds is 7. The van der Waals surface area contributed by atoms with Crippen molar-refractivity contribution in [2.75, 3.05) is 12.0 Å². The molecule has 0 aliphatic carbocycles. The van der Waals surface area contributed by atoms with Crippen LogP contribution in [0.25, 0.3) is 0 Å². The lowest BCUT2D eigenvalue weighted by Gasteiger charge is -2.05. The van der Waals surface area contributed by atoms with Gasteiger partial charge in [-0.25, -0.2) is 10.8 Å². The minimum Gasteiger partial charge on any atom is -0.377 e. The van der Waals surface area contributed by atoms with Crippen LogP contribution >= 0.6 is 0 Å². The van der Waals surface area contributed by atoms with Crippen molar-refractivity contribution in [2.45, 2.75) is 19.4 Å². The lowest BCUT2D eigenvalue weighted by atomic mass is 10.1. The number of hydrazine groups is 1. The number of anilines is 1. The van der Waals surface area contributed by atoms with Crippen LogP contribution in [0.1, 0.15) is 17.5 Å². The standard InChI is InChI=1S/C15H19N3O/c16-18-15-9-8-14(11-17-15)12-19-10-4-7-13-5-2-1-3-6-13/h1-3,5-6,8-9,11H,4,7,10,12,16H2,(H,17,18). The fraction of sp³-hybridized carbons (Fsp3) is 0.267. The van der Waals surface area contributed by atoms with Crippen molar-refractivity contribution in [1.82, 2.24) is 4.98 Å². The Balaban J connectivity index is 1.63. The molecule has 100 valence electrons. The van der Waals surface area contributed by atoms with E-state index in [1.54, 1.807) is 6.20 Å². The van der Waals surface area contributed by atoms with Gasteiger partial charge in [0.1, 0.15) is 5.82 Å². The highest BCUT2D eigenvalue weighted by Crippen LogP contribution is 2.06. The Morgan fingerprint density at radius 1 is 1.05 bits per heavy atom.